The van der Waals surface area contributed by atoms with Gasteiger partial charge >= 0.3 is 0 Å². The predicted octanol–water partition coefficient (Wildman–Crippen LogP) is 16.3. The average Bonchev–Trinajstić information content (AvgIpc) is 4.06. The fraction of sp³-hybridized carbons (Fsp3) is 0.233. The monoisotopic (exact) mass is 787 g/mol. The summed E-state index contributed by atoms with van der Waals surface area (Å²) in [5.41, 5.74) is 16.9. The molecule has 0 radical (unpaired) electrons. The van der Waals surface area contributed by atoms with E-state index in [4.69, 9.17) is 0 Å². The summed E-state index contributed by atoms with van der Waals surface area (Å²) in [5.74, 6) is 3.03. The van der Waals surface area contributed by atoms with E-state index in [1.165, 1.54) is 141 Å². The molecule has 0 spiro atoms. The van der Waals surface area contributed by atoms with Crippen LogP contribution in [-0.2, 0) is 5.41 Å². The quantitative estimate of drug-likeness (QED) is 0.148. The summed E-state index contributed by atoms with van der Waals surface area (Å²) >= 11 is 0. The van der Waals surface area contributed by atoms with Gasteiger partial charge in [0.2, 0.25) is 0 Å². The minimum Gasteiger partial charge on any atom is -0.310 e. The highest BCUT2D eigenvalue weighted by atomic mass is 15.1. The van der Waals surface area contributed by atoms with Crippen LogP contribution in [0.4, 0.5) is 17.1 Å². The lowest BCUT2D eigenvalue weighted by Gasteiger charge is -2.35. The molecule has 1 nitrogen and oxygen atoms in total. The first kappa shape index (κ1) is 36.7. The lowest BCUT2D eigenvalue weighted by molar-refractivity contribution is 0.420. The molecule has 3 unspecified atom stereocenters. The molecular weight excluding hydrogens is 735 g/mol. The second kappa shape index (κ2) is 15.1. The molecule has 298 valence electrons. The van der Waals surface area contributed by atoms with Crippen molar-refractivity contribution >= 4 is 27.8 Å². The second-order valence-corrected chi connectivity index (χ2v) is 18.6. The number of rotatable bonds is 8. The molecule has 8 aromatic carbocycles. The number of hydrogen-bond acceptors (Lipinski definition) is 1. The third kappa shape index (κ3) is 5.95. The van der Waals surface area contributed by atoms with E-state index >= 15 is 0 Å². The number of anilines is 3. The summed E-state index contributed by atoms with van der Waals surface area (Å²) in [7, 11) is 0. The van der Waals surface area contributed by atoms with Crippen molar-refractivity contribution in [3.8, 4) is 22.3 Å². The van der Waals surface area contributed by atoms with Crippen molar-refractivity contribution in [3.05, 3.63) is 221 Å². The molecule has 4 aliphatic carbocycles. The van der Waals surface area contributed by atoms with E-state index in [2.05, 4.69) is 193 Å². The second-order valence-electron chi connectivity index (χ2n) is 18.6. The maximum atomic E-state index is 2.58. The number of fused-ring (bicyclic) bond motifs is 6. The molecule has 0 amide bonds. The largest absolute Gasteiger partial charge is 0.310 e. The van der Waals surface area contributed by atoms with Gasteiger partial charge in [0, 0.05) is 16.9 Å². The Labute approximate surface area is 361 Å². The molecule has 3 fully saturated rings. The van der Waals surface area contributed by atoms with Crippen molar-refractivity contribution < 1.29 is 0 Å². The Morgan fingerprint density at radius 2 is 1.16 bits per heavy atom. The lowest BCUT2D eigenvalue weighted by atomic mass is 9.67. The summed E-state index contributed by atoms with van der Waals surface area (Å²) in [5, 5.41) is 2.52. The molecular formula is C60H53N. The third-order valence-electron chi connectivity index (χ3n) is 15.4. The Balaban J connectivity index is 1.13. The van der Waals surface area contributed by atoms with Crippen molar-refractivity contribution in [3.63, 3.8) is 0 Å². The highest BCUT2D eigenvalue weighted by Gasteiger charge is 2.48. The highest BCUT2D eigenvalue weighted by molar-refractivity contribution is 6.05. The van der Waals surface area contributed by atoms with Crippen molar-refractivity contribution in [2.75, 3.05) is 4.90 Å². The summed E-state index contributed by atoms with van der Waals surface area (Å²) in [6.45, 7) is 0. The summed E-state index contributed by atoms with van der Waals surface area (Å²) in [4.78, 5) is 2.57. The molecule has 0 heterocycles. The van der Waals surface area contributed by atoms with Gasteiger partial charge in [-0.15, -0.1) is 0 Å². The van der Waals surface area contributed by atoms with Crippen LogP contribution in [0.25, 0.3) is 33.0 Å². The van der Waals surface area contributed by atoms with Crippen molar-refractivity contribution in [1.82, 2.24) is 0 Å². The van der Waals surface area contributed by atoms with Gasteiger partial charge in [-0.1, -0.05) is 183 Å². The number of nitrogens with zero attached hydrogens (tertiary/aromatic N) is 1. The topological polar surface area (TPSA) is 3.24 Å². The minimum absolute atomic E-state index is 0.489. The van der Waals surface area contributed by atoms with Gasteiger partial charge in [0.1, 0.15) is 0 Å². The molecule has 0 N–H and O–H groups in total. The van der Waals surface area contributed by atoms with E-state index in [1.807, 2.05) is 0 Å². The Bertz CT molecular complexity index is 2810. The molecule has 2 bridgehead atoms. The van der Waals surface area contributed by atoms with Crippen LogP contribution in [0.15, 0.2) is 188 Å². The van der Waals surface area contributed by atoms with Crippen LogP contribution in [0.3, 0.4) is 0 Å². The Morgan fingerprint density at radius 1 is 0.475 bits per heavy atom. The predicted molar refractivity (Wildman–Crippen MR) is 255 cm³/mol. The summed E-state index contributed by atoms with van der Waals surface area (Å²) < 4.78 is 0. The summed E-state index contributed by atoms with van der Waals surface area (Å²) in [6.07, 6.45) is 12.1. The van der Waals surface area contributed by atoms with Crippen LogP contribution in [0.1, 0.15) is 103 Å². The molecule has 8 aromatic rings. The lowest BCUT2D eigenvalue weighted by Crippen LogP contribution is -2.29. The van der Waals surface area contributed by atoms with E-state index in [9.17, 15) is 0 Å². The van der Waals surface area contributed by atoms with Crippen LogP contribution in [0.5, 0.6) is 0 Å². The van der Waals surface area contributed by atoms with Crippen molar-refractivity contribution in [1.29, 1.82) is 0 Å². The summed E-state index contributed by atoms with van der Waals surface area (Å²) in [6, 6.07) is 72.0. The minimum atomic E-state index is -0.489. The normalized spacial score (nSPS) is 20.1. The number of benzene rings is 8. The maximum absolute atomic E-state index is 2.58. The molecule has 3 atom stereocenters. The number of hydrogen-bond donors (Lipinski definition) is 0. The van der Waals surface area contributed by atoms with Gasteiger partial charge in [-0.05, 0) is 147 Å². The molecule has 3 saturated carbocycles. The fourth-order valence-corrected chi connectivity index (χ4v) is 12.8. The van der Waals surface area contributed by atoms with Crippen LogP contribution in [0.2, 0.25) is 0 Å². The van der Waals surface area contributed by atoms with Crippen molar-refractivity contribution in [2.24, 2.45) is 11.8 Å². The van der Waals surface area contributed by atoms with Crippen molar-refractivity contribution in [2.45, 2.75) is 75.0 Å². The van der Waals surface area contributed by atoms with Gasteiger partial charge < -0.3 is 4.90 Å². The molecule has 0 saturated heterocycles. The molecule has 61 heavy (non-hydrogen) atoms. The van der Waals surface area contributed by atoms with E-state index < -0.39 is 5.41 Å². The zero-order valence-electron chi connectivity index (χ0n) is 35.0. The van der Waals surface area contributed by atoms with Gasteiger partial charge in [-0.2, -0.15) is 0 Å². The van der Waals surface area contributed by atoms with Gasteiger partial charge in [0.05, 0.1) is 11.1 Å². The molecule has 0 aromatic heterocycles. The molecule has 4 aliphatic rings. The molecule has 1 heteroatoms. The maximum Gasteiger partial charge on any atom is 0.0714 e. The SMILES string of the molecule is c1ccc(-c2c(N(c3ccc(C4CC5CCC4C5)cc3)c3ccc4c(c3)C(c3ccccc3)(c3ccccc3)c3cccc(C5CCCCC5)c3-4)ccc3ccccc23)cc1. The van der Waals surface area contributed by atoms with Crippen LogP contribution < -0.4 is 4.90 Å². The van der Waals surface area contributed by atoms with E-state index in [-0.39, 0.29) is 0 Å². The van der Waals surface area contributed by atoms with Gasteiger partial charge in [-0.25, -0.2) is 0 Å². The molecule has 12 rings (SSSR count). The zero-order chi connectivity index (χ0) is 40.3. The molecule has 0 aliphatic heterocycles. The smallest absolute Gasteiger partial charge is 0.0714 e. The Morgan fingerprint density at radius 3 is 1.87 bits per heavy atom. The van der Waals surface area contributed by atoms with Crippen LogP contribution >= 0.6 is 0 Å². The first-order valence-corrected chi connectivity index (χ1v) is 23.1. The first-order chi connectivity index (χ1) is 30.3. The Hall–Kier alpha value is -6.18. The first-order valence-electron chi connectivity index (χ1n) is 23.1. The third-order valence-corrected chi connectivity index (χ3v) is 15.4. The van der Waals surface area contributed by atoms with E-state index in [0.717, 1.165) is 11.8 Å². The van der Waals surface area contributed by atoms with Gasteiger partial charge in [0.15, 0.2) is 0 Å². The zero-order valence-corrected chi connectivity index (χ0v) is 35.0. The van der Waals surface area contributed by atoms with Crippen LogP contribution in [0, 0.1) is 11.8 Å². The van der Waals surface area contributed by atoms with Gasteiger partial charge in [0.25, 0.3) is 0 Å². The fourth-order valence-electron chi connectivity index (χ4n) is 12.8. The standard InChI is InChI=1S/C60H53N/c1-5-16-42(17-6-1)52-26-15-27-55-59(52)53-36-35-50(40-56(53)60(55,47-21-9-3-10-22-47)48-23-11-4-12-24-48)61(49-33-30-44(31-34-49)54-39-41-28-29-46(54)38-41)57-37-32-43-18-13-14-25-51(43)58(57)45-19-7-2-8-20-45/h2-4,7-15,18-27,30-37,40-42,46,54H,1,5-6,16-17,28-29,38-39H2. The van der Waals surface area contributed by atoms with E-state index in [1.54, 1.807) is 0 Å². The average molecular weight is 788 g/mol. The van der Waals surface area contributed by atoms with Gasteiger partial charge in [-0.3, -0.25) is 0 Å². The Kier molecular flexibility index (Phi) is 9.05. The van der Waals surface area contributed by atoms with Crippen LogP contribution in [-0.4, -0.2) is 0 Å². The van der Waals surface area contributed by atoms with E-state index in [0.29, 0.717) is 11.8 Å². The highest BCUT2D eigenvalue weighted by Crippen LogP contribution is 2.60.